The molecule has 0 amide bonds. The van der Waals surface area contributed by atoms with Crippen LogP contribution in [0.25, 0.3) is 11.3 Å². The Morgan fingerprint density at radius 1 is 1.00 bits per heavy atom. The molecule has 0 unspecified atom stereocenters. The van der Waals surface area contributed by atoms with E-state index in [1.54, 1.807) is 6.07 Å². The lowest BCUT2D eigenvalue weighted by Crippen LogP contribution is -1.91. The summed E-state index contributed by atoms with van der Waals surface area (Å²) in [6, 6.07) is 7.81. The van der Waals surface area contributed by atoms with Crippen LogP contribution in [0.15, 0.2) is 30.5 Å². The van der Waals surface area contributed by atoms with Gasteiger partial charge in [0.1, 0.15) is 5.75 Å². The standard InChI is InChI=1S/C14H15NO/c1-9-6-10(2)14(11(3)7-9)13-5-4-12(16)8-15-13/h4-8,16H,1-3H3. The number of aromatic nitrogens is 1. The molecule has 1 aromatic carbocycles. The highest BCUT2D eigenvalue weighted by Crippen LogP contribution is 2.27. The molecule has 0 aliphatic rings. The maximum Gasteiger partial charge on any atom is 0.133 e. The van der Waals surface area contributed by atoms with Gasteiger partial charge in [-0.25, -0.2) is 0 Å². The molecule has 82 valence electrons. The lowest BCUT2D eigenvalue weighted by molar-refractivity contribution is 0.473. The molecule has 0 fully saturated rings. The van der Waals surface area contributed by atoms with Crippen LogP contribution in [0.3, 0.4) is 0 Å². The van der Waals surface area contributed by atoms with Crippen molar-refractivity contribution in [2.24, 2.45) is 0 Å². The van der Waals surface area contributed by atoms with Gasteiger partial charge in [-0.15, -0.1) is 0 Å². The van der Waals surface area contributed by atoms with E-state index in [1.165, 1.54) is 22.9 Å². The van der Waals surface area contributed by atoms with Crippen molar-refractivity contribution in [2.75, 3.05) is 0 Å². The first-order valence-corrected chi connectivity index (χ1v) is 5.31. The van der Waals surface area contributed by atoms with Crippen molar-refractivity contribution in [1.29, 1.82) is 0 Å². The van der Waals surface area contributed by atoms with Crippen molar-refractivity contribution in [2.45, 2.75) is 20.8 Å². The first-order valence-electron chi connectivity index (χ1n) is 5.31. The molecule has 1 aromatic heterocycles. The number of aromatic hydroxyl groups is 1. The van der Waals surface area contributed by atoms with E-state index in [9.17, 15) is 5.11 Å². The second-order valence-electron chi connectivity index (χ2n) is 4.18. The van der Waals surface area contributed by atoms with Crippen molar-refractivity contribution in [3.8, 4) is 17.0 Å². The molecule has 2 heteroatoms. The predicted molar refractivity (Wildman–Crippen MR) is 65.5 cm³/mol. The highest BCUT2D eigenvalue weighted by molar-refractivity contribution is 5.68. The van der Waals surface area contributed by atoms with E-state index in [2.05, 4.69) is 37.9 Å². The van der Waals surface area contributed by atoms with Gasteiger partial charge in [0, 0.05) is 5.56 Å². The molecule has 0 aliphatic heterocycles. The number of rotatable bonds is 1. The smallest absolute Gasteiger partial charge is 0.133 e. The first-order chi connectivity index (χ1) is 7.58. The zero-order valence-electron chi connectivity index (χ0n) is 9.78. The van der Waals surface area contributed by atoms with E-state index in [-0.39, 0.29) is 5.75 Å². The Hall–Kier alpha value is -1.83. The molecule has 0 aliphatic carbocycles. The summed E-state index contributed by atoms with van der Waals surface area (Å²) in [6.07, 6.45) is 1.48. The minimum absolute atomic E-state index is 0.200. The number of benzene rings is 1. The number of nitrogens with zero attached hydrogens (tertiary/aromatic N) is 1. The van der Waals surface area contributed by atoms with E-state index in [1.807, 2.05) is 6.07 Å². The Morgan fingerprint density at radius 3 is 2.12 bits per heavy atom. The van der Waals surface area contributed by atoms with Crippen LogP contribution >= 0.6 is 0 Å². The fourth-order valence-electron chi connectivity index (χ4n) is 2.12. The van der Waals surface area contributed by atoms with Gasteiger partial charge in [0.15, 0.2) is 0 Å². The van der Waals surface area contributed by atoms with Gasteiger partial charge in [-0.3, -0.25) is 4.98 Å². The molecule has 0 bridgehead atoms. The second kappa shape index (κ2) is 3.97. The third-order valence-corrected chi connectivity index (χ3v) is 2.68. The third kappa shape index (κ3) is 1.91. The van der Waals surface area contributed by atoms with Gasteiger partial charge >= 0.3 is 0 Å². The number of aryl methyl sites for hydroxylation is 3. The Morgan fingerprint density at radius 2 is 1.62 bits per heavy atom. The Balaban J connectivity index is 2.60. The number of hydrogen-bond acceptors (Lipinski definition) is 2. The molecule has 0 saturated heterocycles. The van der Waals surface area contributed by atoms with Crippen molar-refractivity contribution in [3.05, 3.63) is 47.2 Å². The molecule has 0 spiro atoms. The average molecular weight is 213 g/mol. The summed E-state index contributed by atoms with van der Waals surface area (Å²) in [5.74, 6) is 0.200. The topological polar surface area (TPSA) is 33.1 Å². The zero-order chi connectivity index (χ0) is 11.7. The lowest BCUT2D eigenvalue weighted by Gasteiger charge is -2.10. The van der Waals surface area contributed by atoms with E-state index in [0.717, 1.165) is 11.3 Å². The van der Waals surface area contributed by atoms with E-state index in [0.29, 0.717) is 0 Å². The van der Waals surface area contributed by atoms with Crippen LogP contribution < -0.4 is 0 Å². The minimum atomic E-state index is 0.200. The number of pyridine rings is 1. The summed E-state index contributed by atoms with van der Waals surface area (Å²) in [4.78, 5) is 4.25. The molecule has 2 rings (SSSR count). The molecule has 2 aromatic rings. The van der Waals surface area contributed by atoms with Crippen molar-refractivity contribution in [1.82, 2.24) is 4.98 Å². The minimum Gasteiger partial charge on any atom is -0.506 e. The van der Waals surface area contributed by atoms with Gasteiger partial charge in [0.25, 0.3) is 0 Å². The Bertz CT molecular complexity index is 492. The van der Waals surface area contributed by atoms with Crippen LogP contribution in [0, 0.1) is 20.8 Å². The van der Waals surface area contributed by atoms with Gasteiger partial charge in [0.2, 0.25) is 0 Å². The second-order valence-corrected chi connectivity index (χ2v) is 4.18. The number of hydrogen-bond donors (Lipinski definition) is 1. The van der Waals surface area contributed by atoms with E-state index < -0.39 is 0 Å². The molecule has 2 nitrogen and oxygen atoms in total. The largest absolute Gasteiger partial charge is 0.506 e. The van der Waals surface area contributed by atoms with Crippen LogP contribution in [-0.4, -0.2) is 10.1 Å². The SMILES string of the molecule is Cc1cc(C)c(-c2ccc(O)cn2)c(C)c1. The maximum absolute atomic E-state index is 9.22. The Kier molecular flexibility index (Phi) is 2.65. The van der Waals surface area contributed by atoms with E-state index in [4.69, 9.17) is 0 Å². The van der Waals surface area contributed by atoms with Gasteiger partial charge < -0.3 is 5.11 Å². The molecule has 0 atom stereocenters. The zero-order valence-corrected chi connectivity index (χ0v) is 9.78. The van der Waals surface area contributed by atoms with Crippen molar-refractivity contribution in [3.63, 3.8) is 0 Å². The summed E-state index contributed by atoms with van der Waals surface area (Å²) in [6.45, 7) is 6.27. The third-order valence-electron chi connectivity index (χ3n) is 2.68. The van der Waals surface area contributed by atoms with Gasteiger partial charge in [0.05, 0.1) is 11.9 Å². The molecule has 1 heterocycles. The van der Waals surface area contributed by atoms with Crippen LogP contribution in [0.2, 0.25) is 0 Å². The van der Waals surface area contributed by atoms with Crippen molar-refractivity contribution >= 4 is 0 Å². The molecular weight excluding hydrogens is 198 g/mol. The van der Waals surface area contributed by atoms with Gasteiger partial charge in [-0.1, -0.05) is 17.7 Å². The van der Waals surface area contributed by atoms with Crippen molar-refractivity contribution < 1.29 is 5.11 Å². The van der Waals surface area contributed by atoms with Crippen LogP contribution in [0.5, 0.6) is 5.75 Å². The first kappa shape index (κ1) is 10.7. The van der Waals surface area contributed by atoms with Gasteiger partial charge in [-0.05, 0) is 44.0 Å². The average Bonchev–Trinajstić information content (AvgIpc) is 2.19. The predicted octanol–water partition coefficient (Wildman–Crippen LogP) is 3.38. The summed E-state index contributed by atoms with van der Waals surface area (Å²) in [5.41, 5.74) is 5.77. The molecule has 1 N–H and O–H groups in total. The highest BCUT2D eigenvalue weighted by Gasteiger charge is 2.07. The van der Waals surface area contributed by atoms with Crippen LogP contribution in [0.1, 0.15) is 16.7 Å². The molecular formula is C14H15NO. The summed E-state index contributed by atoms with van der Waals surface area (Å²) in [7, 11) is 0. The maximum atomic E-state index is 9.22. The molecule has 0 radical (unpaired) electrons. The fraction of sp³-hybridized carbons (Fsp3) is 0.214. The summed E-state index contributed by atoms with van der Waals surface area (Å²) < 4.78 is 0. The monoisotopic (exact) mass is 213 g/mol. The molecule has 16 heavy (non-hydrogen) atoms. The van der Waals surface area contributed by atoms with E-state index >= 15 is 0 Å². The lowest BCUT2D eigenvalue weighted by atomic mass is 9.97. The Labute approximate surface area is 95.6 Å². The highest BCUT2D eigenvalue weighted by atomic mass is 16.3. The van der Waals surface area contributed by atoms with Gasteiger partial charge in [-0.2, -0.15) is 0 Å². The normalized spacial score (nSPS) is 10.4. The summed E-state index contributed by atoms with van der Waals surface area (Å²) in [5, 5.41) is 9.22. The summed E-state index contributed by atoms with van der Waals surface area (Å²) >= 11 is 0. The molecule has 0 saturated carbocycles. The van der Waals surface area contributed by atoms with Crippen LogP contribution in [-0.2, 0) is 0 Å². The quantitative estimate of drug-likeness (QED) is 0.787. The van der Waals surface area contributed by atoms with Crippen LogP contribution in [0.4, 0.5) is 0 Å². The fourth-order valence-corrected chi connectivity index (χ4v) is 2.12.